The van der Waals surface area contributed by atoms with E-state index in [4.69, 9.17) is 9.47 Å². The molecule has 52 heavy (non-hydrogen) atoms. The third kappa shape index (κ3) is 7.07. The molecular formula is C43H52N2O5S2. The number of Topliss-reactive ketones (excluding diaryl/α,β-unsaturated/α-hetero) is 2. The zero-order valence-electron chi connectivity index (χ0n) is 31.2. The average Bonchev–Trinajstić information content (AvgIpc) is 3.80. The Hall–Kier alpha value is -3.56. The van der Waals surface area contributed by atoms with E-state index in [0.717, 1.165) is 81.1 Å². The highest BCUT2D eigenvalue weighted by atomic mass is 32.2. The van der Waals surface area contributed by atoms with Crippen molar-refractivity contribution in [2.75, 3.05) is 24.7 Å². The largest absolute Gasteiger partial charge is 0.871 e. The van der Waals surface area contributed by atoms with Crippen LogP contribution in [0.3, 0.4) is 0 Å². The number of carbonyl (C=O) groups is 2. The molecule has 0 saturated carbocycles. The zero-order chi connectivity index (χ0) is 36.4. The maximum Gasteiger partial charge on any atom is 0.266 e. The van der Waals surface area contributed by atoms with Gasteiger partial charge < -0.3 is 19.5 Å². The standard InChI is InChI=1S/C43H52N2O5S2/c1-5-9-13-27(7-3)25-49-29-17-19-35-33(23-29)44-21-11-15-31(42(44)51-35)37-39(46)38(41(48)40(37)47)32-16-12-22-45-34-24-30(18-20-36(34)52-43(32)45)50-26-28(8-4)14-10-6-2/h17-20,23-24,27-28H,5-16,21-22,25-26H2,1-4H3. The summed E-state index contributed by atoms with van der Waals surface area (Å²) in [6.07, 6.45) is 12.1. The molecule has 0 radical (unpaired) electrons. The average molecular weight is 741 g/mol. The van der Waals surface area contributed by atoms with Crippen LogP contribution in [0.1, 0.15) is 110 Å². The van der Waals surface area contributed by atoms with E-state index in [1.807, 2.05) is 12.1 Å². The molecular weight excluding hydrogens is 689 g/mol. The van der Waals surface area contributed by atoms with E-state index in [1.165, 1.54) is 38.5 Å². The Morgan fingerprint density at radius 3 is 2.17 bits per heavy atom. The summed E-state index contributed by atoms with van der Waals surface area (Å²) in [6, 6.07) is 12.4. The molecule has 7 rings (SSSR count). The van der Waals surface area contributed by atoms with Crippen LogP contribution in [-0.4, -0.2) is 31.3 Å². The highest BCUT2D eigenvalue weighted by Crippen LogP contribution is 2.53. The van der Waals surface area contributed by atoms with Gasteiger partial charge >= 0.3 is 0 Å². The van der Waals surface area contributed by atoms with Gasteiger partial charge in [0, 0.05) is 40.6 Å². The van der Waals surface area contributed by atoms with Crippen molar-refractivity contribution < 1.29 is 28.7 Å². The number of hydrogen-bond acceptors (Lipinski definition) is 8. The lowest BCUT2D eigenvalue weighted by Gasteiger charge is -2.29. The van der Waals surface area contributed by atoms with Crippen LogP contribution in [-0.2, 0) is 16.1 Å². The predicted molar refractivity (Wildman–Crippen MR) is 209 cm³/mol. The van der Waals surface area contributed by atoms with Gasteiger partial charge in [0.15, 0.2) is 6.54 Å². The second kappa shape index (κ2) is 16.2. The molecule has 9 heteroatoms. The molecule has 3 aliphatic heterocycles. The molecule has 2 atom stereocenters. The van der Waals surface area contributed by atoms with E-state index >= 15 is 0 Å². The highest BCUT2D eigenvalue weighted by Gasteiger charge is 2.42. The number of ether oxygens (including phenoxy) is 2. The van der Waals surface area contributed by atoms with Gasteiger partial charge in [-0.15, -0.1) is 0 Å². The number of hydrogen-bond donors (Lipinski definition) is 0. The number of rotatable bonds is 15. The third-order valence-corrected chi connectivity index (χ3v) is 13.7. The number of fused-ring (bicyclic) bond motifs is 6. The van der Waals surface area contributed by atoms with Crippen molar-refractivity contribution in [1.29, 1.82) is 0 Å². The maximum atomic E-state index is 14.4. The van der Waals surface area contributed by atoms with Crippen molar-refractivity contribution in [3.63, 3.8) is 0 Å². The van der Waals surface area contributed by atoms with Crippen LogP contribution in [0.4, 0.5) is 5.69 Å². The fourth-order valence-electron chi connectivity index (χ4n) is 8.04. The molecule has 7 nitrogen and oxygen atoms in total. The molecule has 0 amide bonds. The summed E-state index contributed by atoms with van der Waals surface area (Å²) >= 11 is 3.19. The lowest BCUT2D eigenvalue weighted by Crippen LogP contribution is -2.39. The normalized spacial score (nSPS) is 19.7. The molecule has 0 bridgehead atoms. The minimum atomic E-state index is -0.655. The van der Waals surface area contributed by atoms with Crippen LogP contribution in [0.5, 0.6) is 11.5 Å². The second-order valence-electron chi connectivity index (χ2n) is 14.7. The third-order valence-electron chi connectivity index (χ3n) is 11.3. The van der Waals surface area contributed by atoms with E-state index in [0.29, 0.717) is 49.0 Å². The van der Waals surface area contributed by atoms with Gasteiger partial charge in [-0.3, -0.25) is 9.59 Å². The first-order chi connectivity index (χ1) is 25.4. The van der Waals surface area contributed by atoms with Crippen molar-refractivity contribution in [2.24, 2.45) is 11.8 Å². The van der Waals surface area contributed by atoms with Crippen molar-refractivity contribution in [3.05, 3.63) is 68.9 Å². The Labute approximate surface area is 316 Å². The van der Waals surface area contributed by atoms with E-state index in [9.17, 15) is 14.7 Å². The lowest BCUT2D eigenvalue weighted by molar-refractivity contribution is -0.672. The predicted octanol–water partition coefficient (Wildman–Crippen LogP) is 9.31. The number of aromatic nitrogens is 1. The molecule has 0 fully saturated rings. The molecule has 276 valence electrons. The number of carbonyl (C=O) groups excluding carboxylic acids is 2. The SMILES string of the molecule is CCCCC(CC)COc1ccc2c(c1)N1CCCC(C3=C([O-])/C(=C4/CCC[n+]5c4sc4ccc(OCC(CC)CCCC)cc45)C(=O)C3=O)=C1S2. The first-order valence-corrected chi connectivity index (χ1v) is 21.3. The van der Waals surface area contributed by atoms with Crippen molar-refractivity contribution in [1.82, 2.24) is 0 Å². The first kappa shape index (κ1) is 36.8. The summed E-state index contributed by atoms with van der Waals surface area (Å²) in [6.45, 7) is 11.9. The number of nitrogens with zero attached hydrogens (tertiary/aromatic N) is 2. The minimum Gasteiger partial charge on any atom is -0.871 e. The van der Waals surface area contributed by atoms with Crippen molar-refractivity contribution >= 4 is 56.1 Å². The lowest BCUT2D eigenvalue weighted by atomic mass is 9.97. The molecule has 4 aliphatic rings. The van der Waals surface area contributed by atoms with Crippen LogP contribution in [0, 0.1) is 11.8 Å². The van der Waals surface area contributed by atoms with Gasteiger partial charge in [0.1, 0.15) is 16.2 Å². The fourth-order valence-corrected chi connectivity index (χ4v) is 10.5. The minimum absolute atomic E-state index is 0.0770. The Morgan fingerprint density at radius 1 is 0.827 bits per heavy atom. The molecule has 1 aromatic heterocycles. The smallest absolute Gasteiger partial charge is 0.266 e. The Morgan fingerprint density at radius 2 is 1.48 bits per heavy atom. The molecule has 3 aromatic rings. The number of allylic oxidation sites excluding steroid dienone is 4. The zero-order valence-corrected chi connectivity index (χ0v) is 32.8. The monoisotopic (exact) mass is 740 g/mol. The van der Waals surface area contributed by atoms with Gasteiger partial charge in [0.25, 0.3) is 5.01 Å². The first-order valence-electron chi connectivity index (χ1n) is 19.7. The number of thiazole rings is 1. The van der Waals surface area contributed by atoms with E-state index in [2.05, 4.69) is 61.4 Å². The van der Waals surface area contributed by atoms with Crippen LogP contribution < -0.4 is 24.0 Å². The van der Waals surface area contributed by atoms with E-state index < -0.39 is 17.3 Å². The summed E-state index contributed by atoms with van der Waals surface area (Å²) in [5.41, 5.74) is 3.68. The van der Waals surface area contributed by atoms with Crippen LogP contribution in [0.2, 0.25) is 0 Å². The number of unbranched alkanes of at least 4 members (excludes halogenated alkanes) is 2. The Bertz CT molecular complexity index is 1960. The Kier molecular flexibility index (Phi) is 11.5. The van der Waals surface area contributed by atoms with Gasteiger partial charge in [-0.1, -0.05) is 95.1 Å². The molecule has 0 saturated heterocycles. The molecule has 0 N–H and O–H groups in total. The van der Waals surface area contributed by atoms with Gasteiger partial charge in [-0.05, 0) is 73.8 Å². The number of benzene rings is 2. The number of thioether (sulfide) groups is 1. The molecule has 2 unspecified atom stereocenters. The van der Waals surface area contributed by atoms with Crippen molar-refractivity contribution in [3.8, 4) is 11.5 Å². The second-order valence-corrected chi connectivity index (χ2v) is 16.8. The summed E-state index contributed by atoms with van der Waals surface area (Å²) in [5.74, 6) is 1.04. The summed E-state index contributed by atoms with van der Waals surface area (Å²) < 4.78 is 15.9. The molecule has 2 aromatic carbocycles. The quantitative estimate of drug-likeness (QED) is 0.0873. The topological polar surface area (TPSA) is 82.8 Å². The highest BCUT2D eigenvalue weighted by molar-refractivity contribution is 8.03. The van der Waals surface area contributed by atoms with Crippen LogP contribution in [0.15, 0.2) is 68.8 Å². The van der Waals surface area contributed by atoms with E-state index in [1.54, 1.807) is 23.1 Å². The molecule has 4 heterocycles. The van der Waals surface area contributed by atoms with Gasteiger partial charge in [-0.25, -0.2) is 0 Å². The summed E-state index contributed by atoms with van der Waals surface area (Å²) in [5, 5.41) is 16.2. The number of ketones is 2. The maximum absolute atomic E-state index is 14.4. The van der Waals surface area contributed by atoms with Gasteiger partial charge in [0.05, 0.1) is 30.0 Å². The molecule has 1 aliphatic carbocycles. The summed E-state index contributed by atoms with van der Waals surface area (Å²) in [7, 11) is 0. The van der Waals surface area contributed by atoms with Crippen LogP contribution >= 0.6 is 23.1 Å². The number of anilines is 1. The van der Waals surface area contributed by atoms with Crippen molar-refractivity contribution in [2.45, 2.75) is 116 Å². The van der Waals surface area contributed by atoms with Gasteiger partial charge in [0.2, 0.25) is 17.1 Å². The molecule has 0 spiro atoms. The van der Waals surface area contributed by atoms with Gasteiger partial charge in [-0.2, -0.15) is 4.57 Å². The van der Waals surface area contributed by atoms with E-state index in [-0.39, 0.29) is 11.1 Å². The number of aryl methyl sites for hydroxylation is 1. The van der Waals surface area contributed by atoms with Crippen LogP contribution in [0.25, 0.3) is 15.8 Å². The fraction of sp³-hybridized carbons (Fsp3) is 0.512. The Balaban J connectivity index is 1.18. The summed E-state index contributed by atoms with van der Waals surface area (Å²) in [4.78, 5) is 31.0.